The zero-order chi connectivity index (χ0) is 15.4. The van der Waals surface area contributed by atoms with E-state index in [0.29, 0.717) is 13.1 Å². The van der Waals surface area contributed by atoms with Gasteiger partial charge in [0.05, 0.1) is 6.54 Å². The number of halogens is 1. The van der Waals surface area contributed by atoms with Gasteiger partial charge in [0.2, 0.25) is 11.8 Å². The summed E-state index contributed by atoms with van der Waals surface area (Å²) in [5, 5.41) is 2.77. The van der Waals surface area contributed by atoms with E-state index >= 15 is 0 Å². The van der Waals surface area contributed by atoms with E-state index in [2.05, 4.69) is 27.3 Å². The van der Waals surface area contributed by atoms with Crippen molar-refractivity contribution in [2.45, 2.75) is 26.2 Å². The number of likely N-dealkylation sites (N-methyl/N-ethyl adjacent to an activating group) is 1. The second kappa shape index (κ2) is 7.07. The van der Waals surface area contributed by atoms with Gasteiger partial charge in [-0.05, 0) is 43.9 Å². The summed E-state index contributed by atoms with van der Waals surface area (Å²) in [7, 11) is 0. The Morgan fingerprint density at radius 2 is 2.05 bits per heavy atom. The zero-order valence-corrected chi connectivity index (χ0v) is 14.0. The third-order valence-electron chi connectivity index (χ3n) is 3.93. The number of nitrogens with zero attached hydrogens (tertiary/aromatic N) is 1. The van der Waals surface area contributed by atoms with E-state index in [9.17, 15) is 9.59 Å². The SMILES string of the molecule is CCN(CC)C(=O)CNC(=O)[C@H]1C[C@H]1c1cccc(Br)c1. The van der Waals surface area contributed by atoms with Crippen molar-refractivity contribution in [3.8, 4) is 0 Å². The summed E-state index contributed by atoms with van der Waals surface area (Å²) in [4.78, 5) is 25.7. The molecule has 1 aromatic carbocycles. The standard InChI is InChI=1S/C16H21BrN2O2/c1-3-19(4-2)15(20)10-18-16(21)14-9-13(14)11-6-5-7-12(17)8-11/h5-8,13-14H,3-4,9-10H2,1-2H3,(H,18,21)/t13-,14-/m0/s1. The maximum absolute atomic E-state index is 12.1. The molecule has 0 aliphatic heterocycles. The highest BCUT2D eigenvalue weighted by Crippen LogP contribution is 2.47. The van der Waals surface area contributed by atoms with Gasteiger partial charge in [-0.25, -0.2) is 0 Å². The molecule has 2 rings (SSSR count). The molecular weight excluding hydrogens is 332 g/mol. The lowest BCUT2D eigenvalue weighted by Crippen LogP contribution is -2.40. The highest BCUT2D eigenvalue weighted by Gasteiger charge is 2.43. The van der Waals surface area contributed by atoms with Gasteiger partial charge >= 0.3 is 0 Å². The van der Waals surface area contributed by atoms with Gasteiger partial charge in [-0.2, -0.15) is 0 Å². The molecule has 0 heterocycles. The van der Waals surface area contributed by atoms with Crippen LogP contribution in [0.5, 0.6) is 0 Å². The fourth-order valence-corrected chi connectivity index (χ4v) is 2.99. The Morgan fingerprint density at radius 1 is 1.33 bits per heavy atom. The second-order valence-electron chi connectivity index (χ2n) is 5.29. The van der Waals surface area contributed by atoms with Crippen molar-refractivity contribution in [2.24, 2.45) is 5.92 Å². The predicted molar refractivity (Wildman–Crippen MR) is 85.9 cm³/mol. The van der Waals surface area contributed by atoms with Crippen molar-refractivity contribution in [3.63, 3.8) is 0 Å². The van der Waals surface area contributed by atoms with Crippen LogP contribution in [0.1, 0.15) is 31.7 Å². The molecule has 1 aromatic rings. The average Bonchev–Trinajstić information content (AvgIpc) is 3.26. The Balaban J connectivity index is 1.82. The number of nitrogens with one attached hydrogen (secondary N) is 1. The molecule has 1 aliphatic rings. The fourth-order valence-electron chi connectivity index (χ4n) is 2.57. The summed E-state index contributed by atoms with van der Waals surface area (Å²) in [5.74, 6) is 0.253. The molecule has 1 saturated carbocycles. The Morgan fingerprint density at radius 3 is 2.67 bits per heavy atom. The number of carbonyl (C=O) groups is 2. The first-order valence-electron chi connectivity index (χ1n) is 7.37. The normalized spacial score (nSPS) is 20.0. The molecular formula is C16H21BrN2O2. The first kappa shape index (κ1) is 16.0. The van der Waals surface area contributed by atoms with Crippen LogP contribution in [0.4, 0.5) is 0 Å². The number of rotatable bonds is 6. The van der Waals surface area contributed by atoms with E-state index in [1.54, 1.807) is 4.90 Å². The number of carbonyl (C=O) groups excluding carboxylic acids is 2. The fraction of sp³-hybridized carbons (Fsp3) is 0.500. The third-order valence-corrected chi connectivity index (χ3v) is 4.43. The van der Waals surface area contributed by atoms with Gasteiger partial charge in [-0.1, -0.05) is 28.1 Å². The summed E-state index contributed by atoms with van der Waals surface area (Å²) in [5.41, 5.74) is 1.18. The maximum Gasteiger partial charge on any atom is 0.241 e. The van der Waals surface area contributed by atoms with Gasteiger partial charge in [-0.15, -0.1) is 0 Å². The van der Waals surface area contributed by atoms with E-state index in [-0.39, 0.29) is 30.2 Å². The van der Waals surface area contributed by atoms with Crippen molar-refractivity contribution in [1.82, 2.24) is 10.2 Å². The zero-order valence-electron chi connectivity index (χ0n) is 12.4. The van der Waals surface area contributed by atoms with E-state index in [0.717, 1.165) is 10.9 Å². The third kappa shape index (κ3) is 4.06. The van der Waals surface area contributed by atoms with Crippen molar-refractivity contribution >= 4 is 27.7 Å². The Bertz CT molecular complexity index is 529. The van der Waals surface area contributed by atoms with E-state index < -0.39 is 0 Å². The van der Waals surface area contributed by atoms with Crippen LogP contribution in [0.3, 0.4) is 0 Å². The molecule has 4 nitrogen and oxygen atoms in total. The Hall–Kier alpha value is -1.36. The van der Waals surface area contributed by atoms with Crippen LogP contribution < -0.4 is 5.32 Å². The predicted octanol–water partition coefficient (Wildman–Crippen LogP) is 2.54. The van der Waals surface area contributed by atoms with Crippen LogP contribution in [0.2, 0.25) is 0 Å². The van der Waals surface area contributed by atoms with Crippen molar-refractivity contribution in [3.05, 3.63) is 34.3 Å². The molecule has 0 spiro atoms. The molecule has 2 atom stereocenters. The monoisotopic (exact) mass is 352 g/mol. The minimum absolute atomic E-state index is 0.00352. The van der Waals surface area contributed by atoms with Crippen LogP contribution in [-0.4, -0.2) is 36.3 Å². The highest BCUT2D eigenvalue weighted by atomic mass is 79.9. The lowest BCUT2D eigenvalue weighted by atomic mass is 10.1. The van der Waals surface area contributed by atoms with Gasteiger partial charge in [0, 0.05) is 23.5 Å². The maximum atomic E-state index is 12.1. The van der Waals surface area contributed by atoms with E-state index in [4.69, 9.17) is 0 Å². The molecule has 0 bridgehead atoms. The van der Waals surface area contributed by atoms with E-state index in [1.807, 2.05) is 32.0 Å². The molecule has 0 aromatic heterocycles. The summed E-state index contributed by atoms with van der Waals surface area (Å²) in [6.07, 6.45) is 0.863. The van der Waals surface area contributed by atoms with Crippen LogP contribution in [0, 0.1) is 5.92 Å². The lowest BCUT2D eigenvalue weighted by molar-refractivity contribution is -0.132. The first-order chi connectivity index (χ1) is 10.1. The first-order valence-corrected chi connectivity index (χ1v) is 8.17. The number of hydrogen-bond acceptors (Lipinski definition) is 2. The molecule has 2 amide bonds. The molecule has 0 unspecified atom stereocenters. The van der Waals surface area contributed by atoms with Crippen LogP contribution in [-0.2, 0) is 9.59 Å². The summed E-state index contributed by atoms with van der Waals surface area (Å²) in [6, 6.07) is 8.06. The Kier molecular flexibility index (Phi) is 5.39. The van der Waals surface area contributed by atoms with Gasteiger partial charge in [0.25, 0.3) is 0 Å². The summed E-state index contributed by atoms with van der Waals surface area (Å²) < 4.78 is 1.03. The molecule has 1 N–H and O–H groups in total. The topological polar surface area (TPSA) is 49.4 Å². The minimum Gasteiger partial charge on any atom is -0.347 e. The second-order valence-corrected chi connectivity index (χ2v) is 6.20. The summed E-state index contributed by atoms with van der Waals surface area (Å²) in [6.45, 7) is 5.33. The van der Waals surface area contributed by atoms with Crippen molar-refractivity contribution < 1.29 is 9.59 Å². The molecule has 1 aliphatic carbocycles. The molecule has 0 saturated heterocycles. The summed E-state index contributed by atoms with van der Waals surface area (Å²) >= 11 is 3.45. The average molecular weight is 353 g/mol. The van der Waals surface area contributed by atoms with Crippen molar-refractivity contribution in [1.29, 1.82) is 0 Å². The Labute approximate surface area is 134 Å². The highest BCUT2D eigenvalue weighted by molar-refractivity contribution is 9.10. The van der Waals surface area contributed by atoms with Gasteiger partial charge in [0.15, 0.2) is 0 Å². The van der Waals surface area contributed by atoms with Crippen LogP contribution in [0.15, 0.2) is 28.7 Å². The smallest absolute Gasteiger partial charge is 0.241 e. The van der Waals surface area contributed by atoms with Gasteiger partial charge in [-0.3, -0.25) is 9.59 Å². The minimum atomic E-state index is -0.0204. The van der Waals surface area contributed by atoms with Crippen molar-refractivity contribution in [2.75, 3.05) is 19.6 Å². The molecule has 5 heteroatoms. The van der Waals surface area contributed by atoms with Gasteiger partial charge < -0.3 is 10.2 Å². The number of amides is 2. The molecule has 1 fully saturated rings. The van der Waals surface area contributed by atoms with E-state index in [1.165, 1.54) is 5.56 Å². The number of hydrogen-bond donors (Lipinski definition) is 1. The largest absolute Gasteiger partial charge is 0.347 e. The lowest BCUT2D eigenvalue weighted by Gasteiger charge is -2.18. The molecule has 114 valence electrons. The van der Waals surface area contributed by atoms with Crippen LogP contribution >= 0.6 is 15.9 Å². The number of benzene rings is 1. The van der Waals surface area contributed by atoms with Crippen LogP contribution in [0.25, 0.3) is 0 Å². The molecule has 21 heavy (non-hydrogen) atoms. The molecule has 0 radical (unpaired) electrons. The quantitative estimate of drug-likeness (QED) is 0.855. The van der Waals surface area contributed by atoms with Gasteiger partial charge in [0.1, 0.15) is 0 Å².